The molecule has 7 nitrogen and oxygen atoms in total. The normalized spacial score (nSPS) is 12.8. The van der Waals surface area contributed by atoms with Gasteiger partial charge >= 0.3 is 6.18 Å². The minimum atomic E-state index is -4.69. The van der Waals surface area contributed by atoms with Crippen LogP contribution in [0.25, 0.3) is 0 Å². The van der Waals surface area contributed by atoms with Crippen molar-refractivity contribution in [1.29, 1.82) is 0 Å². The largest absolute Gasteiger partial charge is 0.416 e. The molecule has 198 valence electrons. The molecule has 2 aromatic carbocycles. The maximum absolute atomic E-state index is 13.4. The summed E-state index contributed by atoms with van der Waals surface area (Å²) in [6.07, 6.45) is -3.88. The predicted molar refractivity (Wildman–Crippen MR) is 133 cm³/mol. The monoisotopic (exact) mass is 527 g/mol. The Kier molecular flexibility index (Phi) is 9.53. The van der Waals surface area contributed by atoms with Gasteiger partial charge in [0.2, 0.25) is 21.8 Å². The van der Waals surface area contributed by atoms with E-state index in [1.54, 1.807) is 12.1 Å². The van der Waals surface area contributed by atoms with Crippen LogP contribution in [0.3, 0.4) is 0 Å². The van der Waals surface area contributed by atoms with Crippen LogP contribution in [-0.2, 0) is 32.3 Å². The number of alkyl halides is 3. The summed E-state index contributed by atoms with van der Waals surface area (Å²) in [5.41, 5.74) is 0.362. The lowest BCUT2D eigenvalue weighted by molar-refractivity contribution is -0.139. The summed E-state index contributed by atoms with van der Waals surface area (Å²) < 4.78 is 65.3. The van der Waals surface area contributed by atoms with E-state index >= 15 is 0 Å². The summed E-state index contributed by atoms with van der Waals surface area (Å²) in [5.74, 6) is -0.983. The molecular weight excluding hydrogens is 495 g/mol. The topological polar surface area (TPSA) is 86.8 Å². The predicted octanol–water partition coefficient (Wildman–Crippen LogP) is 3.97. The standard InChI is InChI=1S/C25H32F3N3O4S/c1-17(2)14-29-24(33)19(4)30(15-20-11-9-18(3)10-12-20)23(32)16-31(36(5,34)35)22-8-6-7-21(13-22)25(26,27)28/h6-13,17,19H,14-16H2,1-5H3,(H,29,33). The maximum atomic E-state index is 13.4. The summed E-state index contributed by atoms with van der Waals surface area (Å²) in [7, 11) is -4.14. The fourth-order valence-corrected chi connectivity index (χ4v) is 4.22. The van der Waals surface area contributed by atoms with Crippen LogP contribution in [-0.4, -0.2) is 50.5 Å². The van der Waals surface area contributed by atoms with Gasteiger partial charge in [0, 0.05) is 13.1 Å². The third-order valence-electron chi connectivity index (χ3n) is 5.47. The first-order chi connectivity index (χ1) is 16.6. The van der Waals surface area contributed by atoms with Crippen LogP contribution in [0.5, 0.6) is 0 Å². The van der Waals surface area contributed by atoms with Crippen LogP contribution in [0.15, 0.2) is 48.5 Å². The van der Waals surface area contributed by atoms with Gasteiger partial charge in [-0.2, -0.15) is 13.2 Å². The van der Waals surface area contributed by atoms with Crippen molar-refractivity contribution in [2.45, 2.75) is 46.5 Å². The second-order valence-electron chi connectivity index (χ2n) is 9.14. The highest BCUT2D eigenvalue weighted by atomic mass is 32.2. The average Bonchev–Trinajstić information content (AvgIpc) is 2.78. The lowest BCUT2D eigenvalue weighted by Gasteiger charge is -2.31. The van der Waals surface area contributed by atoms with Gasteiger partial charge in [-0.15, -0.1) is 0 Å². The first-order valence-corrected chi connectivity index (χ1v) is 13.2. The third kappa shape index (κ3) is 8.25. The number of carbonyl (C=O) groups is 2. The summed E-state index contributed by atoms with van der Waals surface area (Å²) in [4.78, 5) is 27.4. The lowest BCUT2D eigenvalue weighted by atomic mass is 10.1. The quantitative estimate of drug-likeness (QED) is 0.507. The second-order valence-corrected chi connectivity index (χ2v) is 11.0. The highest BCUT2D eigenvalue weighted by molar-refractivity contribution is 7.92. The van der Waals surface area contributed by atoms with Crippen LogP contribution >= 0.6 is 0 Å². The Morgan fingerprint density at radius 3 is 2.17 bits per heavy atom. The number of carbonyl (C=O) groups excluding carboxylic acids is 2. The molecule has 0 fully saturated rings. The van der Waals surface area contributed by atoms with Crippen molar-refractivity contribution >= 4 is 27.5 Å². The Balaban J connectivity index is 2.41. The Bertz CT molecular complexity index is 1170. The molecule has 0 radical (unpaired) electrons. The number of nitrogens with one attached hydrogen (secondary N) is 1. The zero-order valence-corrected chi connectivity index (χ0v) is 21.8. The van der Waals surface area contributed by atoms with E-state index in [0.29, 0.717) is 22.5 Å². The van der Waals surface area contributed by atoms with Crippen molar-refractivity contribution in [2.75, 3.05) is 23.7 Å². The molecule has 2 amide bonds. The minimum Gasteiger partial charge on any atom is -0.354 e. The number of nitrogens with zero attached hydrogens (tertiary/aromatic N) is 2. The highest BCUT2D eigenvalue weighted by Crippen LogP contribution is 2.32. The lowest BCUT2D eigenvalue weighted by Crippen LogP contribution is -2.51. The molecule has 1 unspecified atom stereocenters. The van der Waals surface area contributed by atoms with Crippen LogP contribution < -0.4 is 9.62 Å². The SMILES string of the molecule is Cc1ccc(CN(C(=O)CN(c2cccc(C(F)(F)F)c2)S(C)(=O)=O)C(C)C(=O)NCC(C)C)cc1. The molecule has 0 saturated heterocycles. The van der Waals surface area contributed by atoms with Gasteiger partial charge in [-0.3, -0.25) is 13.9 Å². The van der Waals surface area contributed by atoms with E-state index in [9.17, 15) is 31.2 Å². The van der Waals surface area contributed by atoms with E-state index in [-0.39, 0.29) is 18.2 Å². The van der Waals surface area contributed by atoms with Gasteiger partial charge in [-0.25, -0.2) is 8.42 Å². The molecule has 0 aliphatic carbocycles. The van der Waals surface area contributed by atoms with E-state index < -0.39 is 46.2 Å². The first-order valence-electron chi connectivity index (χ1n) is 11.4. The molecule has 0 aliphatic heterocycles. The molecule has 36 heavy (non-hydrogen) atoms. The van der Waals surface area contributed by atoms with Gasteiger partial charge in [-0.05, 0) is 43.5 Å². The number of sulfonamides is 1. The van der Waals surface area contributed by atoms with Gasteiger partial charge < -0.3 is 10.2 Å². The molecule has 0 bridgehead atoms. The number of halogens is 3. The molecule has 0 spiro atoms. The third-order valence-corrected chi connectivity index (χ3v) is 6.61. The average molecular weight is 528 g/mol. The van der Waals surface area contributed by atoms with Crippen molar-refractivity contribution < 1.29 is 31.2 Å². The van der Waals surface area contributed by atoms with Gasteiger partial charge in [0.05, 0.1) is 17.5 Å². The molecule has 0 heterocycles. The number of hydrogen-bond donors (Lipinski definition) is 1. The van der Waals surface area contributed by atoms with Gasteiger partial charge in [0.15, 0.2) is 0 Å². The van der Waals surface area contributed by atoms with Gasteiger partial charge in [0.1, 0.15) is 12.6 Å². The maximum Gasteiger partial charge on any atom is 0.416 e. The molecule has 0 aromatic heterocycles. The summed E-state index contributed by atoms with van der Waals surface area (Å²) in [6.45, 7) is 6.88. The fourth-order valence-electron chi connectivity index (χ4n) is 3.38. The molecule has 1 atom stereocenters. The van der Waals surface area contributed by atoms with E-state index in [0.717, 1.165) is 24.0 Å². The molecule has 0 saturated carbocycles. The smallest absolute Gasteiger partial charge is 0.354 e. The zero-order chi connectivity index (χ0) is 27.3. The Morgan fingerprint density at radius 2 is 1.64 bits per heavy atom. The van der Waals surface area contributed by atoms with Crippen LogP contribution in [0.4, 0.5) is 18.9 Å². The van der Waals surface area contributed by atoms with Crippen molar-refractivity contribution in [2.24, 2.45) is 5.92 Å². The number of rotatable bonds is 10. The Labute approximate surface area is 210 Å². The Hall–Kier alpha value is -3.08. The fraction of sp³-hybridized carbons (Fsp3) is 0.440. The minimum absolute atomic E-state index is 0.00950. The first kappa shape index (κ1) is 29.2. The molecule has 1 N–H and O–H groups in total. The van der Waals surface area contributed by atoms with Crippen molar-refractivity contribution in [3.8, 4) is 0 Å². The highest BCUT2D eigenvalue weighted by Gasteiger charge is 2.33. The molecular formula is C25H32F3N3O4S. The van der Waals surface area contributed by atoms with E-state index in [2.05, 4.69) is 5.32 Å². The summed E-state index contributed by atoms with van der Waals surface area (Å²) in [6, 6.07) is 10.1. The molecule has 2 rings (SSSR count). The Morgan fingerprint density at radius 1 is 1.03 bits per heavy atom. The molecule has 0 aliphatic rings. The van der Waals surface area contributed by atoms with Crippen molar-refractivity contribution in [3.63, 3.8) is 0 Å². The zero-order valence-electron chi connectivity index (χ0n) is 21.0. The number of amides is 2. The van der Waals surface area contributed by atoms with Crippen molar-refractivity contribution in [1.82, 2.24) is 10.2 Å². The van der Waals surface area contributed by atoms with Gasteiger partial charge in [-0.1, -0.05) is 49.7 Å². The van der Waals surface area contributed by atoms with Crippen LogP contribution in [0.2, 0.25) is 0 Å². The van der Waals surface area contributed by atoms with Gasteiger partial charge in [0.25, 0.3) is 0 Å². The summed E-state index contributed by atoms with van der Waals surface area (Å²) in [5, 5.41) is 2.76. The van der Waals surface area contributed by atoms with E-state index in [1.807, 2.05) is 32.9 Å². The van der Waals surface area contributed by atoms with Crippen LogP contribution in [0, 0.1) is 12.8 Å². The van der Waals surface area contributed by atoms with Crippen LogP contribution in [0.1, 0.15) is 37.5 Å². The number of anilines is 1. The second kappa shape index (κ2) is 11.8. The van der Waals surface area contributed by atoms with E-state index in [1.165, 1.54) is 17.9 Å². The molecule has 2 aromatic rings. The molecule has 11 heteroatoms. The summed E-state index contributed by atoms with van der Waals surface area (Å²) >= 11 is 0. The number of benzene rings is 2. The number of aryl methyl sites for hydroxylation is 1. The van der Waals surface area contributed by atoms with E-state index in [4.69, 9.17) is 0 Å². The number of hydrogen-bond acceptors (Lipinski definition) is 4. The van der Waals surface area contributed by atoms with Crippen molar-refractivity contribution in [3.05, 3.63) is 65.2 Å².